The number of hydrogen-bond acceptors (Lipinski definition) is 3. The van der Waals surface area contributed by atoms with Gasteiger partial charge >= 0.3 is 6.18 Å². The third kappa shape index (κ3) is 5.63. The highest BCUT2D eigenvalue weighted by molar-refractivity contribution is 7.85. The van der Waals surface area contributed by atoms with E-state index in [2.05, 4.69) is 4.98 Å². The predicted octanol–water partition coefficient (Wildman–Crippen LogP) is 5.45. The molecule has 1 unspecified atom stereocenters. The molecule has 0 N–H and O–H groups in total. The Morgan fingerprint density at radius 1 is 1.07 bits per heavy atom. The van der Waals surface area contributed by atoms with Crippen molar-refractivity contribution in [3.8, 4) is 17.0 Å². The average molecular weight is 423 g/mol. The van der Waals surface area contributed by atoms with E-state index >= 15 is 0 Å². The predicted molar refractivity (Wildman–Crippen MR) is 102 cm³/mol. The molecule has 0 radical (unpaired) electrons. The third-order valence-electron chi connectivity index (χ3n) is 4.08. The number of aryl methyl sites for hydroxylation is 1. The van der Waals surface area contributed by atoms with E-state index in [1.807, 2.05) is 30.3 Å². The van der Waals surface area contributed by atoms with Crippen LogP contribution in [0.4, 0.5) is 17.6 Å². The number of pyridine rings is 1. The zero-order valence-electron chi connectivity index (χ0n) is 15.4. The van der Waals surface area contributed by atoms with Crippen LogP contribution in [0.5, 0.6) is 5.88 Å². The van der Waals surface area contributed by atoms with Gasteiger partial charge < -0.3 is 4.74 Å². The number of aromatic nitrogens is 1. The number of alkyl halides is 3. The molecule has 1 aromatic heterocycles. The van der Waals surface area contributed by atoms with Crippen LogP contribution in [0.3, 0.4) is 0 Å². The second-order valence-corrected chi connectivity index (χ2v) is 7.78. The van der Waals surface area contributed by atoms with Crippen molar-refractivity contribution in [1.29, 1.82) is 0 Å². The molecule has 0 saturated heterocycles. The third-order valence-corrected chi connectivity index (χ3v) is 5.60. The lowest BCUT2D eigenvalue weighted by atomic mass is 10.0. The zero-order valence-corrected chi connectivity index (χ0v) is 16.2. The minimum Gasteiger partial charge on any atom is -0.473 e. The molecule has 0 aliphatic carbocycles. The first kappa shape index (κ1) is 21.0. The molecule has 152 valence electrons. The molecular formula is C21H17F4NO2S. The second kappa shape index (κ2) is 8.73. The molecule has 0 fully saturated rings. The van der Waals surface area contributed by atoms with Crippen molar-refractivity contribution in [1.82, 2.24) is 4.98 Å². The van der Waals surface area contributed by atoms with Gasteiger partial charge in [-0.15, -0.1) is 0 Å². The molecule has 3 nitrogen and oxygen atoms in total. The maximum Gasteiger partial charge on any atom is 0.400 e. The molecular weight excluding hydrogens is 406 g/mol. The van der Waals surface area contributed by atoms with Crippen LogP contribution in [0, 0.1) is 12.7 Å². The van der Waals surface area contributed by atoms with E-state index in [1.165, 1.54) is 31.3 Å². The summed E-state index contributed by atoms with van der Waals surface area (Å²) < 4.78 is 70.1. The molecule has 0 aliphatic rings. The zero-order chi connectivity index (χ0) is 21.0. The van der Waals surface area contributed by atoms with Crippen molar-refractivity contribution in [3.63, 3.8) is 0 Å². The van der Waals surface area contributed by atoms with Crippen molar-refractivity contribution in [2.24, 2.45) is 0 Å². The molecule has 0 saturated carbocycles. The van der Waals surface area contributed by atoms with E-state index in [0.717, 1.165) is 11.6 Å². The molecule has 3 rings (SSSR count). The molecule has 0 aliphatic heterocycles. The minimum atomic E-state index is -4.58. The number of ether oxygens (including phenoxy) is 1. The van der Waals surface area contributed by atoms with Gasteiger partial charge in [0.1, 0.15) is 18.2 Å². The molecule has 0 spiro atoms. The summed E-state index contributed by atoms with van der Waals surface area (Å²) in [4.78, 5) is 4.03. The van der Waals surface area contributed by atoms with Gasteiger partial charge in [-0.2, -0.15) is 13.2 Å². The van der Waals surface area contributed by atoms with Gasteiger partial charge in [0.15, 0.2) is 0 Å². The molecule has 8 heteroatoms. The summed E-state index contributed by atoms with van der Waals surface area (Å²) in [5.74, 6) is -1.87. The second-order valence-electron chi connectivity index (χ2n) is 6.36. The molecule has 1 atom stereocenters. The topological polar surface area (TPSA) is 39.2 Å². The van der Waals surface area contributed by atoms with Crippen LogP contribution in [-0.4, -0.2) is 21.1 Å². The first-order chi connectivity index (χ1) is 13.7. The molecule has 29 heavy (non-hydrogen) atoms. The van der Waals surface area contributed by atoms with E-state index in [4.69, 9.17) is 4.74 Å². The van der Waals surface area contributed by atoms with Crippen LogP contribution < -0.4 is 4.74 Å². The van der Waals surface area contributed by atoms with Crippen LogP contribution >= 0.6 is 0 Å². The lowest BCUT2D eigenvalue weighted by Crippen LogP contribution is -2.19. The monoisotopic (exact) mass is 423 g/mol. The summed E-state index contributed by atoms with van der Waals surface area (Å²) in [5, 5.41) is 0. The highest BCUT2D eigenvalue weighted by Gasteiger charge is 2.31. The Morgan fingerprint density at radius 3 is 2.48 bits per heavy atom. The van der Waals surface area contributed by atoms with Crippen molar-refractivity contribution >= 4 is 10.8 Å². The van der Waals surface area contributed by atoms with Gasteiger partial charge in [0.25, 0.3) is 0 Å². The van der Waals surface area contributed by atoms with E-state index in [0.29, 0.717) is 5.56 Å². The Morgan fingerprint density at radius 2 is 1.79 bits per heavy atom. The van der Waals surface area contributed by atoms with Crippen LogP contribution in [-0.2, 0) is 17.4 Å². The van der Waals surface area contributed by atoms with Gasteiger partial charge in [-0.05, 0) is 41.8 Å². The van der Waals surface area contributed by atoms with Crippen LogP contribution in [0.1, 0.15) is 11.1 Å². The number of benzene rings is 2. The number of rotatable bonds is 6. The van der Waals surface area contributed by atoms with Gasteiger partial charge in [-0.25, -0.2) is 9.37 Å². The van der Waals surface area contributed by atoms with E-state index in [-0.39, 0.29) is 28.5 Å². The highest BCUT2D eigenvalue weighted by atomic mass is 32.2. The Hall–Kier alpha value is -2.74. The summed E-state index contributed by atoms with van der Waals surface area (Å²) >= 11 is 0. The van der Waals surface area contributed by atoms with Gasteiger partial charge in [0.05, 0.1) is 10.8 Å². The first-order valence-corrected chi connectivity index (χ1v) is 9.93. The first-order valence-electron chi connectivity index (χ1n) is 8.61. The smallest absolute Gasteiger partial charge is 0.400 e. The maximum atomic E-state index is 14.5. The van der Waals surface area contributed by atoms with Gasteiger partial charge in [0.2, 0.25) is 5.88 Å². The normalized spacial score (nSPS) is 12.6. The fraction of sp³-hybridized carbons (Fsp3) is 0.190. The van der Waals surface area contributed by atoms with Crippen molar-refractivity contribution in [3.05, 3.63) is 77.7 Å². The Kier molecular flexibility index (Phi) is 6.32. The lowest BCUT2D eigenvalue weighted by Gasteiger charge is -2.13. The fourth-order valence-corrected chi connectivity index (χ4v) is 3.85. The highest BCUT2D eigenvalue weighted by Crippen LogP contribution is 2.30. The van der Waals surface area contributed by atoms with Gasteiger partial charge in [-0.3, -0.25) is 4.21 Å². The average Bonchev–Trinajstić information content (AvgIpc) is 2.66. The largest absolute Gasteiger partial charge is 0.473 e. The molecule has 0 amide bonds. The molecule has 1 heterocycles. The quantitative estimate of drug-likeness (QED) is 0.496. The molecule has 3 aromatic rings. The maximum absolute atomic E-state index is 14.5. The summed E-state index contributed by atoms with van der Waals surface area (Å²) in [7, 11) is -2.33. The SMILES string of the molecule is Cc1cc(F)c(-c2ccnc(OCc3ccccc3)c2)cc1S(=O)CC(F)(F)F. The number of nitrogens with zero attached hydrogens (tertiary/aromatic N) is 1. The number of halogens is 4. The number of hydrogen-bond donors (Lipinski definition) is 0. The van der Waals surface area contributed by atoms with Crippen LogP contribution in [0.2, 0.25) is 0 Å². The standard InChI is InChI=1S/C21H17F4NO2S/c1-14-9-18(22)17(11-19(14)29(27)13-21(23,24)25)16-7-8-26-20(10-16)28-12-15-5-3-2-4-6-15/h2-11H,12-13H2,1H3. The Bertz CT molecular complexity index is 1020. The van der Waals surface area contributed by atoms with E-state index in [9.17, 15) is 21.8 Å². The molecule has 2 aromatic carbocycles. The summed E-state index contributed by atoms with van der Waals surface area (Å²) in [6.45, 7) is 1.69. The van der Waals surface area contributed by atoms with Gasteiger partial charge in [-0.1, -0.05) is 30.3 Å². The fourth-order valence-electron chi connectivity index (χ4n) is 2.73. The van der Waals surface area contributed by atoms with Crippen LogP contribution in [0.15, 0.2) is 65.7 Å². The lowest BCUT2D eigenvalue weighted by molar-refractivity contribution is -0.105. The summed E-state index contributed by atoms with van der Waals surface area (Å²) in [6.07, 6.45) is -3.16. The van der Waals surface area contributed by atoms with Crippen LogP contribution in [0.25, 0.3) is 11.1 Å². The Balaban J connectivity index is 1.88. The minimum absolute atomic E-state index is 0.0353. The summed E-state index contributed by atoms with van der Waals surface area (Å²) in [5.41, 5.74) is 1.52. The van der Waals surface area contributed by atoms with Crippen molar-refractivity contribution in [2.45, 2.75) is 24.6 Å². The van der Waals surface area contributed by atoms with E-state index in [1.54, 1.807) is 0 Å². The Labute approximate surface area is 167 Å². The van der Waals surface area contributed by atoms with Gasteiger partial charge in [0, 0.05) is 22.7 Å². The molecule has 0 bridgehead atoms. The van der Waals surface area contributed by atoms with E-state index < -0.39 is 28.5 Å². The van der Waals surface area contributed by atoms with Crippen molar-refractivity contribution < 1.29 is 26.5 Å². The van der Waals surface area contributed by atoms with Crippen molar-refractivity contribution in [2.75, 3.05) is 5.75 Å². The summed E-state index contributed by atoms with van der Waals surface area (Å²) in [6, 6.07) is 14.7.